The van der Waals surface area contributed by atoms with E-state index in [4.69, 9.17) is 25.8 Å². The number of nitrogens with one attached hydrogen (secondary N) is 1. The minimum absolute atomic E-state index is 0. The maximum Gasteiger partial charge on any atom is 0.349 e. The van der Waals surface area contributed by atoms with Crippen LogP contribution in [0.3, 0.4) is 0 Å². The number of hydrogen-bond acceptors (Lipinski definition) is 9. The van der Waals surface area contributed by atoms with E-state index < -0.39 is 15.4 Å². The summed E-state index contributed by atoms with van der Waals surface area (Å²) in [6.07, 6.45) is 2.35. The number of carbonyl (C=O) groups is 1. The number of esters is 1. The number of benzene rings is 2. The van der Waals surface area contributed by atoms with Crippen molar-refractivity contribution in [2.75, 3.05) is 58.3 Å². The fraction of sp³-hybridized carbons (Fsp3) is 0.516. The average molecular weight is 674 g/mol. The molecule has 1 aliphatic rings. The summed E-state index contributed by atoms with van der Waals surface area (Å²) in [5.74, 6) is 0.341. The van der Waals surface area contributed by atoms with Crippen LogP contribution in [0.5, 0.6) is 5.75 Å². The highest BCUT2D eigenvalue weighted by Gasteiger charge is 2.32. The molecule has 238 valence electrons. The predicted octanol–water partition coefficient (Wildman–Crippen LogP) is 5.70. The minimum atomic E-state index is -3.35. The number of sulfone groups is 1. The smallest absolute Gasteiger partial charge is 0.349 e. The summed E-state index contributed by atoms with van der Waals surface area (Å²) >= 11 is 7.41. The van der Waals surface area contributed by atoms with Crippen LogP contribution in [0, 0.1) is 6.92 Å². The van der Waals surface area contributed by atoms with Crippen molar-refractivity contribution in [3.05, 3.63) is 58.6 Å². The molecule has 1 aliphatic heterocycles. The van der Waals surface area contributed by atoms with Gasteiger partial charge < -0.3 is 19.5 Å². The molecule has 1 aromatic heterocycles. The van der Waals surface area contributed by atoms with Gasteiger partial charge in [0.15, 0.2) is 15.4 Å². The second-order valence-corrected chi connectivity index (χ2v) is 14.8. The van der Waals surface area contributed by atoms with Crippen molar-refractivity contribution in [2.45, 2.75) is 49.8 Å². The van der Waals surface area contributed by atoms with Crippen LogP contribution >= 0.6 is 35.3 Å². The molecule has 0 amide bonds. The van der Waals surface area contributed by atoms with Crippen molar-refractivity contribution < 1.29 is 27.4 Å². The van der Waals surface area contributed by atoms with Crippen LogP contribution < -0.4 is 10.1 Å². The first kappa shape index (κ1) is 35.6. The molecule has 0 radical (unpaired) electrons. The van der Waals surface area contributed by atoms with E-state index in [0.29, 0.717) is 54.3 Å². The van der Waals surface area contributed by atoms with Crippen LogP contribution in [0.4, 0.5) is 0 Å². The molecule has 12 heteroatoms. The van der Waals surface area contributed by atoms with E-state index >= 15 is 0 Å². The zero-order chi connectivity index (χ0) is 30.2. The average Bonchev–Trinajstić information content (AvgIpc) is 3.30. The van der Waals surface area contributed by atoms with Gasteiger partial charge in [-0.2, -0.15) is 0 Å². The van der Waals surface area contributed by atoms with Gasteiger partial charge in [-0.15, -0.1) is 23.7 Å². The first-order valence-corrected chi connectivity index (χ1v) is 17.3. The van der Waals surface area contributed by atoms with Gasteiger partial charge in [0.1, 0.15) is 16.6 Å². The van der Waals surface area contributed by atoms with Crippen LogP contribution in [0.2, 0.25) is 5.02 Å². The van der Waals surface area contributed by atoms with E-state index in [9.17, 15) is 13.2 Å². The molecule has 0 bridgehead atoms. The van der Waals surface area contributed by atoms with E-state index in [1.807, 2.05) is 43.3 Å². The number of thiophene rings is 1. The van der Waals surface area contributed by atoms with Crippen molar-refractivity contribution >= 4 is 61.2 Å². The first-order chi connectivity index (χ1) is 20.0. The third-order valence-electron chi connectivity index (χ3n) is 7.25. The van der Waals surface area contributed by atoms with Gasteiger partial charge in [-0.25, -0.2) is 13.2 Å². The lowest BCUT2D eigenvalue weighted by Crippen LogP contribution is -2.42. The quantitative estimate of drug-likeness (QED) is 0.162. The standard InChI is InChI=1S/C31H41ClN2O6S2.ClH/c1-23-27-22-25(32)9-12-28(27)41-29(23)42(36,37)21-5-14-33-13-4-6-24-7-10-26(11-8-24)40-31(2,3)30(35)39-20-17-34-15-18-38-19-16-34;/h7-12,22,33H,4-6,13-21H2,1-3H3;1H. The third-order valence-corrected chi connectivity index (χ3v) is 11.3. The molecule has 0 unspecified atom stereocenters. The van der Waals surface area contributed by atoms with Gasteiger partial charge in [-0.05, 0) is 100.0 Å². The fourth-order valence-electron chi connectivity index (χ4n) is 4.82. The van der Waals surface area contributed by atoms with Crippen molar-refractivity contribution in [3.8, 4) is 5.75 Å². The van der Waals surface area contributed by atoms with Crippen molar-refractivity contribution in [3.63, 3.8) is 0 Å². The van der Waals surface area contributed by atoms with E-state index in [1.54, 1.807) is 19.9 Å². The molecule has 1 saturated heterocycles. The highest BCUT2D eigenvalue weighted by molar-refractivity contribution is 7.93. The van der Waals surface area contributed by atoms with Gasteiger partial charge in [-0.3, -0.25) is 4.90 Å². The van der Waals surface area contributed by atoms with Crippen LogP contribution in [-0.4, -0.2) is 83.2 Å². The molecule has 8 nitrogen and oxygen atoms in total. The molecule has 1 fully saturated rings. The Balaban J connectivity index is 0.00000506. The Morgan fingerprint density at radius 3 is 2.51 bits per heavy atom. The molecule has 4 rings (SSSR count). The van der Waals surface area contributed by atoms with Crippen LogP contribution in [0.25, 0.3) is 10.1 Å². The van der Waals surface area contributed by atoms with Crippen LogP contribution in [0.1, 0.15) is 37.8 Å². The SMILES string of the molecule is Cc1c(S(=O)(=O)CCCNCCCc2ccc(OC(C)(C)C(=O)OCCN3CCOCC3)cc2)sc2ccc(Cl)cc12.Cl. The zero-order valence-electron chi connectivity index (χ0n) is 25.0. The second kappa shape index (κ2) is 16.4. The molecular formula is C31H42Cl2N2O6S2. The van der Waals surface area contributed by atoms with E-state index in [1.165, 1.54) is 11.3 Å². The number of ether oxygens (including phenoxy) is 3. The molecule has 3 aromatic rings. The molecule has 0 saturated carbocycles. The first-order valence-electron chi connectivity index (χ1n) is 14.4. The van der Waals surface area contributed by atoms with Gasteiger partial charge in [0.2, 0.25) is 0 Å². The Bertz CT molecular complexity index is 1440. The second-order valence-electron chi connectivity index (χ2n) is 11.0. The number of fused-ring (bicyclic) bond motifs is 1. The lowest BCUT2D eigenvalue weighted by Gasteiger charge is -2.28. The van der Waals surface area contributed by atoms with Crippen molar-refractivity contribution in [2.24, 2.45) is 0 Å². The molecule has 0 atom stereocenters. The molecule has 43 heavy (non-hydrogen) atoms. The lowest BCUT2D eigenvalue weighted by atomic mass is 10.1. The minimum Gasteiger partial charge on any atom is -0.476 e. The van der Waals surface area contributed by atoms with Crippen molar-refractivity contribution in [1.29, 1.82) is 0 Å². The summed E-state index contributed by atoms with van der Waals surface area (Å²) in [4.78, 5) is 14.8. The molecular weight excluding hydrogens is 631 g/mol. The predicted molar refractivity (Wildman–Crippen MR) is 176 cm³/mol. The van der Waals surface area contributed by atoms with E-state index in [0.717, 1.165) is 53.7 Å². The Hall–Kier alpha value is -1.92. The largest absolute Gasteiger partial charge is 0.476 e. The topological polar surface area (TPSA) is 94.2 Å². The summed E-state index contributed by atoms with van der Waals surface area (Å²) in [6.45, 7) is 10.9. The van der Waals surface area contributed by atoms with Gasteiger partial charge in [0.05, 0.1) is 19.0 Å². The Morgan fingerprint density at radius 1 is 1.09 bits per heavy atom. The fourth-order valence-corrected chi connectivity index (χ4v) is 8.22. The number of morpholine rings is 1. The number of halogens is 2. The maximum atomic E-state index is 12.9. The maximum absolute atomic E-state index is 12.9. The summed E-state index contributed by atoms with van der Waals surface area (Å²) in [6, 6.07) is 13.3. The summed E-state index contributed by atoms with van der Waals surface area (Å²) in [5.41, 5.74) is 0.857. The van der Waals surface area contributed by atoms with Gasteiger partial charge in [-0.1, -0.05) is 23.7 Å². The summed E-state index contributed by atoms with van der Waals surface area (Å²) < 4.78 is 44.0. The van der Waals surface area contributed by atoms with Crippen LogP contribution in [0.15, 0.2) is 46.7 Å². The van der Waals surface area contributed by atoms with Crippen LogP contribution in [-0.2, 0) is 30.5 Å². The molecule has 2 heterocycles. The van der Waals surface area contributed by atoms with E-state index in [-0.39, 0.29) is 24.1 Å². The summed E-state index contributed by atoms with van der Waals surface area (Å²) in [5, 5.41) is 4.87. The number of aryl methyl sites for hydroxylation is 2. The third kappa shape index (κ3) is 10.3. The number of rotatable bonds is 15. The number of hydrogen-bond donors (Lipinski definition) is 1. The number of carbonyl (C=O) groups excluding carboxylic acids is 1. The lowest BCUT2D eigenvalue weighted by molar-refractivity contribution is -0.159. The Kier molecular flexibility index (Phi) is 13.6. The molecule has 0 aliphatic carbocycles. The normalized spacial score (nSPS) is 14.4. The highest BCUT2D eigenvalue weighted by Crippen LogP contribution is 2.36. The molecule has 1 N–H and O–H groups in total. The highest BCUT2D eigenvalue weighted by atomic mass is 35.5. The van der Waals surface area contributed by atoms with E-state index in [2.05, 4.69) is 10.2 Å². The molecule has 2 aromatic carbocycles. The van der Waals surface area contributed by atoms with Crippen molar-refractivity contribution in [1.82, 2.24) is 10.2 Å². The Labute approximate surface area is 270 Å². The zero-order valence-corrected chi connectivity index (χ0v) is 28.2. The monoisotopic (exact) mass is 672 g/mol. The summed E-state index contributed by atoms with van der Waals surface area (Å²) in [7, 11) is -3.35. The Morgan fingerprint density at radius 2 is 1.79 bits per heavy atom. The number of nitrogens with zero attached hydrogens (tertiary/aromatic N) is 1. The van der Waals surface area contributed by atoms with Gasteiger partial charge in [0, 0.05) is 29.4 Å². The van der Waals surface area contributed by atoms with Gasteiger partial charge >= 0.3 is 5.97 Å². The molecule has 0 spiro atoms. The van der Waals surface area contributed by atoms with Gasteiger partial charge in [0.25, 0.3) is 0 Å².